The van der Waals surface area contributed by atoms with Gasteiger partial charge < -0.3 is 15.5 Å². The molecule has 0 spiro atoms. The van der Waals surface area contributed by atoms with Crippen LogP contribution in [0.25, 0.3) is 0 Å². The van der Waals surface area contributed by atoms with Crippen LogP contribution in [-0.4, -0.2) is 62.2 Å². The van der Waals surface area contributed by atoms with Gasteiger partial charge >= 0.3 is 0 Å². The molecule has 0 bridgehead atoms. The van der Waals surface area contributed by atoms with E-state index in [-0.39, 0.29) is 0 Å². The second-order valence-electron chi connectivity index (χ2n) is 6.90. The molecule has 1 aromatic carbocycles. The Hall–Kier alpha value is -1.77. The van der Waals surface area contributed by atoms with Crippen molar-refractivity contribution in [2.24, 2.45) is 0 Å². The maximum atomic E-state index is 9.43. The van der Waals surface area contributed by atoms with Crippen molar-refractivity contribution in [3.05, 3.63) is 23.3 Å². The number of benzene rings is 1. The molecule has 0 aromatic heterocycles. The van der Waals surface area contributed by atoms with E-state index in [1.807, 2.05) is 6.07 Å². The lowest BCUT2D eigenvalue weighted by molar-refractivity contribution is 0.115. The van der Waals surface area contributed by atoms with Crippen LogP contribution in [-0.2, 0) is 0 Å². The van der Waals surface area contributed by atoms with Crippen LogP contribution >= 0.6 is 0 Å². The van der Waals surface area contributed by atoms with Gasteiger partial charge in [0.2, 0.25) is 0 Å². The average Bonchev–Trinajstić information content (AvgIpc) is 2.55. The Balaban J connectivity index is 1.67. The van der Waals surface area contributed by atoms with Gasteiger partial charge in [0.1, 0.15) is 6.07 Å². The van der Waals surface area contributed by atoms with Gasteiger partial charge in [0.15, 0.2) is 0 Å². The summed E-state index contributed by atoms with van der Waals surface area (Å²) in [5.74, 6) is 0. The minimum absolute atomic E-state index is 0.674. The second-order valence-corrected chi connectivity index (χ2v) is 6.90. The molecule has 0 amide bonds. The van der Waals surface area contributed by atoms with E-state index in [0.717, 1.165) is 43.5 Å². The van der Waals surface area contributed by atoms with Gasteiger partial charge in [-0.05, 0) is 57.6 Å². The molecule has 2 saturated heterocycles. The van der Waals surface area contributed by atoms with Crippen LogP contribution in [0.2, 0.25) is 0 Å². The van der Waals surface area contributed by atoms with Crippen molar-refractivity contribution < 1.29 is 0 Å². The van der Waals surface area contributed by atoms with Crippen molar-refractivity contribution in [2.75, 3.05) is 56.9 Å². The van der Waals surface area contributed by atoms with Crippen molar-refractivity contribution in [3.63, 3.8) is 0 Å². The van der Waals surface area contributed by atoms with Gasteiger partial charge in [-0.1, -0.05) is 0 Å². The van der Waals surface area contributed by atoms with Gasteiger partial charge in [-0.2, -0.15) is 5.26 Å². The fourth-order valence-electron chi connectivity index (χ4n) is 3.98. The average molecular weight is 313 g/mol. The third-order valence-corrected chi connectivity index (χ3v) is 5.28. The van der Waals surface area contributed by atoms with Gasteiger partial charge in [0.25, 0.3) is 0 Å². The van der Waals surface area contributed by atoms with E-state index >= 15 is 0 Å². The van der Waals surface area contributed by atoms with E-state index < -0.39 is 0 Å². The first-order valence-corrected chi connectivity index (χ1v) is 8.56. The topological polar surface area (TPSA) is 59.5 Å². The molecule has 5 heteroatoms. The smallest absolute Gasteiger partial charge is 0.101 e. The molecular weight excluding hydrogens is 286 g/mol. The lowest BCUT2D eigenvalue weighted by Crippen LogP contribution is -2.53. The second kappa shape index (κ2) is 6.77. The number of likely N-dealkylation sites (tertiary alicyclic amines) is 1. The molecule has 0 unspecified atom stereocenters. The summed E-state index contributed by atoms with van der Waals surface area (Å²) in [6.45, 7) is 8.63. The summed E-state index contributed by atoms with van der Waals surface area (Å²) in [4.78, 5) is 7.42. The summed E-state index contributed by atoms with van der Waals surface area (Å²) in [5.41, 5.74) is 9.44. The van der Waals surface area contributed by atoms with Crippen LogP contribution in [0, 0.1) is 18.3 Å². The summed E-state index contributed by atoms with van der Waals surface area (Å²) in [7, 11) is 2.21. The number of anilines is 2. The normalized spacial score (nSPS) is 21.3. The van der Waals surface area contributed by atoms with E-state index in [2.05, 4.69) is 34.7 Å². The van der Waals surface area contributed by atoms with Crippen LogP contribution in [0.1, 0.15) is 24.0 Å². The van der Waals surface area contributed by atoms with Crippen molar-refractivity contribution in [1.82, 2.24) is 9.80 Å². The van der Waals surface area contributed by atoms with Crippen LogP contribution in [0.3, 0.4) is 0 Å². The molecular formula is C18H27N5. The van der Waals surface area contributed by atoms with Crippen molar-refractivity contribution in [3.8, 4) is 6.07 Å². The van der Waals surface area contributed by atoms with Gasteiger partial charge in [-0.15, -0.1) is 0 Å². The molecule has 2 aliphatic rings. The summed E-state index contributed by atoms with van der Waals surface area (Å²) in [6, 6.07) is 6.81. The van der Waals surface area contributed by atoms with Crippen LogP contribution in [0.4, 0.5) is 11.4 Å². The van der Waals surface area contributed by atoms with Gasteiger partial charge in [-0.25, -0.2) is 0 Å². The monoisotopic (exact) mass is 313 g/mol. The van der Waals surface area contributed by atoms with E-state index in [4.69, 9.17) is 5.73 Å². The number of nitrogen functional groups attached to an aromatic ring is 1. The van der Waals surface area contributed by atoms with Crippen LogP contribution in [0.5, 0.6) is 0 Å². The standard InChI is InChI=1S/C18H27N5/c1-14-11-16(20)12-15(13-19)18(14)23-9-7-22(8-10-23)17-3-5-21(2)6-4-17/h11-12,17H,3-10,20H2,1-2H3. The summed E-state index contributed by atoms with van der Waals surface area (Å²) in [5, 5.41) is 9.43. The molecule has 23 heavy (non-hydrogen) atoms. The maximum Gasteiger partial charge on any atom is 0.101 e. The summed E-state index contributed by atoms with van der Waals surface area (Å²) < 4.78 is 0. The van der Waals surface area contributed by atoms with Gasteiger partial charge in [-0.3, -0.25) is 4.90 Å². The highest BCUT2D eigenvalue weighted by Gasteiger charge is 2.27. The molecule has 0 atom stereocenters. The van der Waals surface area contributed by atoms with E-state index in [1.54, 1.807) is 6.07 Å². The number of hydrogen-bond acceptors (Lipinski definition) is 5. The quantitative estimate of drug-likeness (QED) is 0.842. The first kappa shape index (κ1) is 16.1. The Morgan fingerprint density at radius 2 is 1.74 bits per heavy atom. The number of piperidine rings is 1. The SMILES string of the molecule is Cc1cc(N)cc(C#N)c1N1CCN(C2CCN(C)CC2)CC1. The largest absolute Gasteiger partial charge is 0.399 e. The summed E-state index contributed by atoms with van der Waals surface area (Å²) >= 11 is 0. The van der Waals surface area contributed by atoms with E-state index in [9.17, 15) is 5.26 Å². The van der Waals surface area contributed by atoms with Gasteiger partial charge in [0, 0.05) is 37.9 Å². The molecule has 2 heterocycles. The Morgan fingerprint density at radius 1 is 1.09 bits per heavy atom. The number of rotatable bonds is 2. The molecule has 1 aromatic rings. The number of nitriles is 1. The molecule has 2 N–H and O–H groups in total. The highest BCUT2D eigenvalue weighted by atomic mass is 15.3. The lowest BCUT2D eigenvalue weighted by Gasteiger charge is -2.43. The third-order valence-electron chi connectivity index (χ3n) is 5.28. The summed E-state index contributed by atoms with van der Waals surface area (Å²) in [6.07, 6.45) is 2.56. The van der Waals surface area contributed by atoms with E-state index in [0.29, 0.717) is 11.3 Å². The molecule has 2 aliphatic heterocycles. The number of hydrogen-bond donors (Lipinski definition) is 1. The predicted octanol–water partition coefficient (Wildman–Crippen LogP) is 1.67. The first-order chi connectivity index (χ1) is 11.1. The Bertz CT molecular complexity index is 590. The fraction of sp³-hybridized carbons (Fsp3) is 0.611. The van der Waals surface area contributed by atoms with E-state index in [1.165, 1.54) is 25.9 Å². The molecule has 0 aliphatic carbocycles. The zero-order valence-electron chi connectivity index (χ0n) is 14.3. The Morgan fingerprint density at radius 3 is 2.35 bits per heavy atom. The predicted molar refractivity (Wildman–Crippen MR) is 94.6 cm³/mol. The lowest BCUT2D eigenvalue weighted by atomic mass is 10.0. The van der Waals surface area contributed by atoms with Gasteiger partial charge in [0.05, 0.1) is 11.3 Å². The van der Waals surface area contributed by atoms with Crippen molar-refractivity contribution in [2.45, 2.75) is 25.8 Å². The molecule has 0 radical (unpaired) electrons. The molecule has 3 rings (SSSR count). The van der Waals surface area contributed by atoms with Crippen LogP contribution < -0.4 is 10.6 Å². The first-order valence-electron chi connectivity index (χ1n) is 8.56. The zero-order chi connectivity index (χ0) is 16.4. The zero-order valence-corrected chi connectivity index (χ0v) is 14.3. The molecule has 2 fully saturated rings. The number of piperazine rings is 1. The Kier molecular flexibility index (Phi) is 4.74. The maximum absolute atomic E-state index is 9.43. The van der Waals surface area contributed by atoms with Crippen LogP contribution in [0.15, 0.2) is 12.1 Å². The van der Waals surface area contributed by atoms with Crippen molar-refractivity contribution >= 4 is 11.4 Å². The molecule has 124 valence electrons. The minimum Gasteiger partial charge on any atom is -0.399 e. The third kappa shape index (κ3) is 3.44. The number of nitrogens with two attached hydrogens (primary N) is 1. The number of aryl methyl sites for hydroxylation is 1. The fourth-order valence-corrected chi connectivity index (χ4v) is 3.98. The Labute approximate surface area is 139 Å². The minimum atomic E-state index is 0.674. The van der Waals surface area contributed by atoms with Crippen molar-refractivity contribution in [1.29, 1.82) is 5.26 Å². The highest BCUT2D eigenvalue weighted by molar-refractivity contribution is 5.69. The highest BCUT2D eigenvalue weighted by Crippen LogP contribution is 2.29. The number of nitrogens with zero attached hydrogens (tertiary/aromatic N) is 4. The molecule has 0 saturated carbocycles. The molecule has 5 nitrogen and oxygen atoms in total.